The van der Waals surface area contributed by atoms with Gasteiger partial charge in [0.15, 0.2) is 0 Å². The molecule has 0 aromatic heterocycles. The van der Waals surface area contributed by atoms with Crippen LogP contribution < -0.4 is 5.32 Å². The molecule has 4 aliphatic heterocycles. The Morgan fingerprint density at radius 3 is 2.18 bits per heavy atom. The number of carbonyl (C=O) groups is 3. The average molecular weight is 746 g/mol. The molecule has 0 unspecified atom stereocenters. The van der Waals surface area contributed by atoms with Gasteiger partial charge >= 0.3 is 6.03 Å². The Kier molecular flexibility index (Phi) is 10.4. The standard InChI is InChI=1S/C34H43Br2N5O4/c35-28-19-23(20-29(36)32(28)43)18-25(33(44)40-16-8-26(9-17-40)38-12-4-1-5-13-38)21-31(42)39-14-10-27(11-15-39)41-22-24-6-2-3-7-30(24)37-34(41)45/h2-3,6-7,19-20,25-27,43H,1,4-5,8-18,21-22H2,(H,37,45)/t25-/m1/s1. The van der Waals surface area contributed by atoms with Crippen molar-refractivity contribution in [1.29, 1.82) is 0 Å². The van der Waals surface area contributed by atoms with Gasteiger partial charge in [0.25, 0.3) is 0 Å². The number of nitrogens with zero attached hydrogens (tertiary/aromatic N) is 4. The molecule has 11 heteroatoms. The molecule has 3 saturated heterocycles. The van der Waals surface area contributed by atoms with Gasteiger partial charge in [0.1, 0.15) is 5.75 Å². The van der Waals surface area contributed by atoms with Crippen molar-refractivity contribution in [3.8, 4) is 5.75 Å². The summed E-state index contributed by atoms with van der Waals surface area (Å²) in [4.78, 5) is 49.0. The van der Waals surface area contributed by atoms with Crippen LogP contribution in [0.5, 0.6) is 5.75 Å². The van der Waals surface area contributed by atoms with E-state index in [0.29, 0.717) is 53.9 Å². The molecule has 45 heavy (non-hydrogen) atoms. The number of phenols is 1. The molecule has 0 spiro atoms. The monoisotopic (exact) mass is 743 g/mol. The number of anilines is 1. The Labute approximate surface area is 282 Å². The first-order chi connectivity index (χ1) is 21.8. The molecule has 0 radical (unpaired) electrons. The molecular weight excluding hydrogens is 702 g/mol. The van der Waals surface area contributed by atoms with Crippen LogP contribution in [0.25, 0.3) is 0 Å². The first-order valence-electron chi connectivity index (χ1n) is 16.4. The van der Waals surface area contributed by atoms with E-state index in [1.165, 1.54) is 19.3 Å². The van der Waals surface area contributed by atoms with E-state index in [-0.39, 0.29) is 36.1 Å². The maximum Gasteiger partial charge on any atom is 0.322 e. The highest BCUT2D eigenvalue weighted by molar-refractivity contribution is 9.11. The smallest absolute Gasteiger partial charge is 0.322 e. The van der Waals surface area contributed by atoms with E-state index in [4.69, 9.17) is 0 Å². The predicted molar refractivity (Wildman–Crippen MR) is 181 cm³/mol. The van der Waals surface area contributed by atoms with E-state index in [0.717, 1.165) is 55.8 Å². The quantitative estimate of drug-likeness (QED) is 0.364. The summed E-state index contributed by atoms with van der Waals surface area (Å²) in [6.07, 6.45) is 7.77. The second-order valence-electron chi connectivity index (χ2n) is 13.0. The van der Waals surface area contributed by atoms with Crippen molar-refractivity contribution in [3.63, 3.8) is 0 Å². The molecule has 4 heterocycles. The average Bonchev–Trinajstić information content (AvgIpc) is 3.06. The molecule has 2 N–H and O–H groups in total. The lowest BCUT2D eigenvalue weighted by Gasteiger charge is -2.41. The number of para-hydroxylation sites is 1. The van der Waals surface area contributed by atoms with Crippen molar-refractivity contribution >= 4 is 55.4 Å². The molecular formula is C34H43Br2N5O4. The predicted octanol–water partition coefficient (Wildman–Crippen LogP) is 5.98. The largest absolute Gasteiger partial charge is 0.506 e. The van der Waals surface area contributed by atoms with Crippen LogP contribution in [0.1, 0.15) is 62.5 Å². The zero-order valence-corrected chi connectivity index (χ0v) is 28.9. The van der Waals surface area contributed by atoms with Gasteiger partial charge in [-0.2, -0.15) is 0 Å². The second-order valence-corrected chi connectivity index (χ2v) is 14.7. The highest BCUT2D eigenvalue weighted by atomic mass is 79.9. The number of likely N-dealkylation sites (tertiary alicyclic amines) is 3. The highest BCUT2D eigenvalue weighted by Gasteiger charge is 2.36. The van der Waals surface area contributed by atoms with Gasteiger partial charge in [-0.1, -0.05) is 24.6 Å². The van der Waals surface area contributed by atoms with Gasteiger partial charge in [-0.15, -0.1) is 0 Å². The number of hydrogen-bond acceptors (Lipinski definition) is 5. The fourth-order valence-corrected chi connectivity index (χ4v) is 8.83. The Bertz CT molecular complexity index is 1380. The number of rotatable bonds is 7. The van der Waals surface area contributed by atoms with Gasteiger partial charge in [-0.25, -0.2) is 4.79 Å². The Morgan fingerprint density at radius 2 is 1.49 bits per heavy atom. The number of halogens is 2. The zero-order valence-electron chi connectivity index (χ0n) is 25.7. The van der Waals surface area contributed by atoms with E-state index in [2.05, 4.69) is 42.1 Å². The third-order valence-corrected chi connectivity index (χ3v) is 11.3. The van der Waals surface area contributed by atoms with Crippen molar-refractivity contribution in [3.05, 3.63) is 56.5 Å². The minimum atomic E-state index is -0.491. The molecule has 6 rings (SSSR count). The minimum Gasteiger partial charge on any atom is -0.506 e. The van der Waals surface area contributed by atoms with Gasteiger partial charge in [0, 0.05) is 56.9 Å². The molecule has 2 aromatic carbocycles. The number of amides is 4. The summed E-state index contributed by atoms with van der Waals surface area (Å²) in [5.41, 5.74) is 2.85. The van der Waals surface area contributed by atoms with Gasteiger partial charge in [-0.05, 0) is 119 Å². The lowest BCUT2D eigenvalue weighted by atomic mass is 9.91. The number of fused-ring (bicyclic) bond motifs is 1. The van der Waals surface area contributed by atoms with Gasteiger partial charge in [0.05, 0.1) is 14.9 Å². The zero-order chi connectivity index (χ0) is 31.5. The maximum absolute atomic E-state index is 14.1. The first-order valence-corrected chi connectivity index (χ1v) is 18.0. The number of piperidine rings is 3. The van der Waals surface area contributed by atoms with Crippen LogP contribution in [0.4, 0.5) is 10.5 Å². The van der Waals surface area contributed by atoms with Crippen LogP contribution in [0, 0.1) is 5.92 Å². The summed E-state index contributed by atoms with van der Waals surface area (Å²) in [5.74, 6) is -0.347. The molecule has 0 saturated carbocycles. The van der Waals surface area contributed by atoms with Gasteiger partial charge in [0.2, 0.25) is 11.8 Å². The van der Waals surface area contributed by atoms with Crippen LogP contribution in [0.2, 0.25) is 0 Å². The summed E-state index contributed by atoms with van der Waals surface area (Å²) >= 11 is 6.84. The number of benzene rings is 2. The van der Waals surface area contributed by atoms with Crippen LogP contribution in [0.3, 0.4) is 0 Å². The van der Waals surface area contributed by atoms with Crippen LogP contribution in [-0.4, -0.2) is 93.9 Å². The Hall–Kier alpha value is -2.63. The number of urea groups is 1. The molecule has 0 aliphatic carbocycles. The minimum absolute atomic E-state index is 0.0136. The lowest BCUT2D eigenvalue weighted by Crippen LogP contribution is -2.52. The van der Waals surface area contributed by atoms with Crippen LogP contribution >= 0.6 is 31.9 Å². The molecule has 2 aromatic rings. The number of phenolic OH excluding ortho intramolecular Hbond substituents is 1. The molecule has 0 bridgehead atoms. The van der Waals surface area contributed by atoms with E-state index >= 15 is 0 Å². The third-order valence-electron chi connectivity index (χ3n) is 10.1. The van der Waals surface area contributed by atoms with Crippen molar-refractivity contribution < 1.29 is 19.5 Å². The number of aromatic hydroxyl groups is 1. The molecule has 1 atom stereocenters. The molecule has 9 nitrogen and oxygen atoms in total. The van der Waals surface area contributed by atoms with Crippen LogP contribution in [-0.2, 0) is 22.6 Å². The van der Waals surface area contributed by atoms with E-state index in [1.807, 2.05) is 51.1 Å². The first kappa shape index (κ1) is 32.3. The maximum atomic E-state index is 14.1. The van der Waals surface area contributed by atoms with Crippen molar-refractivity contribution in [2.75, 3.05) is 44.6 Å². The Balaban J connectivity index is 1.09. The number of hydrogen-bond donors (Lipinski definition) is 2. The van der Waals surface area contributed by atoms with E-state index < -0.39 is 5.92 Å². The highest BCUT2D eigenvalue weighted by Crippen LogP contribution is 2.35. The normalized spacial score (nSPS) is 20.9. The van der Waals surface area contributed by atoms with Crippen molar-refractivity contribution in [2.24, 2.45) is 5.92 Å². The fraction of sp³-hybridized carbons (Fsp3) is 0.559. The van der Waals surface area contributed by atoms with E-state index in [1.54, 1.807) is 0 Å². The fourth-order valence-electron chi connectivity index (χ4n) is 7.54. The summed E-state index contributed by atoms with van der Waals surface area (Å²) < 4.78 is 1.11. The number of carbonyl (C=O) groups excluding carboxylic acids is 3. The Morgan fingerprint density at radius 1 is 0.867 bits per heavy atom. The molecule has 242 valence electrons. The topological polar surface area (TPSA) is 96.4 Å². The lowest BCUT2D eigenvalue weighted by molar-refractivity contribution is -0.143. The summed E-state index contributed by atoms with van der Waals surface area (Å²) in [6.45, 7) is 5.46. The summed E-state index contributed by atoms with van der Waals surface area (Å²) in [7, 11) is 0. The number of nitrogens with one attached hydrogen (secondary N) is 1. The molecule has 4 amide bonds. The van der Waals surface area contributed by atoms with E-state index in [9.17, 15) is 19.5 Å². The SMILES string of the molecule is O=C(C[C@@H](Cc1cc(Br)c(O)c(Br)c1)C(=O)N1CCC(N2CCCCC2)CC1)N1CCC(N2Cc3ccccc3NC2=O)CC1. The van der Waals surface area contributed by atoms with Crippen molar-refractivity contribution in [2.45, 2.75) is 76.4 Å². The van der Waals surface area contributed by atoms with Gasteiger partial charge in [-0.3, -0.25) is 9.59 Å². The summed E-state index contributed by atoms with van der Waals surface area (Å²) in [5, 5.41) is 13.3. The van der Waals surface area contributed by atoms with Crippen molar-refractivity contribution in [1.82, 2.24) is 19.6 Å². The molecule has 3 fully saturated rings. The molecule has 4 aliphatic rings. The second kappa shape index (κ2) is 14.4. The summed E-state index contributed by atoms with van der Waals surface area (Å²) in [6, 6.07) is 12.1. The van der Waals surface area contributed by atoms with Gasteiger partial charge < -0.3 is 30.0 Å². The van der Waals surface area contributed by atoms with Crippen LogP contribution in [0.15, 0.2) is 45.3 Å². The third kappa shape index (κ3) is 7.52.